The number of anilines is 1. The van der Waals surface area contributed by atoms with Crippen LogP contribution in [-0.4, -0.2) is 68.5 Å². The van der Waals surface area contributed by atoms with Gasteiger partial charge in [-0.15, -0.1) is 0 Å². The number of carbonyl (C=O) groups excluding carboxylic acids is 1. The van der Waals surface area contributed by atoms with Crippen LogP contribution < -0.4 is 10.6 Å². The summed E-state index contributed by atoms with van der Waals surface area (Å²) in [5.74, 6) is -1.69. The second kappa shape index (κ2) is 7.26. The van der Waals surface area contributed by atoms with Crippen molar-refractivity contribution in [1.29, 1.82) is 0 Å². The molecule has 0 radical (unpaired) electrons. The SMILES string of the molecule is NC(=O)c1cccnc1N1CCN(Cc2cn[nH]n2)C[C@H](C(=O)O)C1. The number of aromatic amines is 1. The number of pyridine rings is 1. The van der Waals surface area contributed by atoms with Gasteiger partial charge in [-0.3, -0.25) is 14.5 Å². The van der Waals surface area contributed by atoms with Crippen LogP contribution in [0.15, 0.2) is 24.5 Å². The highest BCUT2D eigenvalue weighted by molar-refractivity contribution is 5.97. The molecule has 1 fully saturated rings. The summed E-state index contributed by atoms with van der Waals surface area (Å²) < 4.78 is 0. The summed E-state index contributed by atoms with van der Waals surface area (Å²) in [5.41, 5.74) is 6.45. The van der Waals surface area contributed by atoms with Crippen LogP contribution in [0.5, 0.6) is 0 Å². The first kappa shape index (κ1) is 16.8. The van der Waals surface area contributed by atoms with Gasteiger partial charge in [0.1, 0.15) is 5.82 Å². The monoisotopic (exact) mass is 345 g/mol. The summed E-state index contributed by atoms with van der Waals surface area (Å²) >= 11 is 0. The van der Waals surface area contributed by atoms with Crippen molar-refractivity contribution < 1.29 is 14.7 Å². The molecule has 3 heterocycles. The Morgan fingerprint density at radius 1 is 1.36 bits per heavy atom. The van der Waals surface area contributed by atoms with Gasteiger partial charge in [-0.05, 0) is 12.1 Å². The lowest BCUT2D eigenvalue weighted by Gasteiger charge is -2.24. The molecule has 1 saturated heterocycles. The number of amides is 1. The van der Waals surface area contributed by atoms with Crippen LogP contribution in [0.1, 0.15) is 16.1 Å². The number of H-pyrrole nitrogens is 1. The molecule has 2 aromatic rings. The maximum Gasteiger partial charge on any atom is 0.309 e. The smallest absolute Gasteiger partial charge is 0.309 e. The minimum Gasteiger partial charge on any atom is -0.481 e. The predicted octanol–water partition coefficient (Wildman–Crippen LogP) is -0.678. The minimum atomic E-state index is -0.895. The van der Waals surface area contributed by atoms with Crippen LogP contribution in [0.2, 0.25) is 0 Å². The van der Waals surface area contributed by atoms with E-state index in [1.54, 1.807) is 24.5 Å². The van der Waals surface area contributed by atoms with Gasteiger partial charge in [0.25, 0.3) is 5.91 Å². The number of hydrogen-bond acceptors (Lipinski definition) is 7. The molecule has 0 unspecified atom stereocenters. The summed E-state index contributed by atoms with van der Waals surface area (Å²) in [4.78, 5) is 31.4. The first-order valence-electron chi connectivity index (χ1n) is 7.84. The zero-order valence-corrected chi connectivity index (χ0v) is 13.5. The maximum atomic E-state index is 11.7. The van der Waals surface area contributed by atoms with Gasteiger partial charge < -0.3 is 15.7 Å². The highest BCUT2D eigenvalue weighted by Crippen LogP contribution is 2.21. The zero-order valence-electron chi connectivity index (χ0n) is 13.5. The van der Waals surface area contributed by atoms with E-state index in [0.29, 0.717) is 32.0 Å². The average molecular weight is 345 g/mol. The van der Waals surface area contributed by atoms with Gasteiger partial charge in [0.05, 0.1) is 23.4 Å². The van der Waals surface area contributed by atoms with Gasteiger partial charge in [0, 0.05) is 38.9 Å². The second-order valence-corrected chi connectivity index (χ2v) is 5.92. The number of carbonyl (C=O) groups is 2. The number of carboxylic acid groups (broad SMARTS) is 1. The molecule has 1 atom stereocenters. The third-order valence-electron chi connectivity index (χ3n) is 4.16. The number of carboxylic acids is 1. The fourth-order valence-electron chi connectivity index (χ4n) is 2.94. The lowest BCUT2D eigenvalue weighted by Crippen LogP contribution is -2.35. The first-order valence-corrected chi connectivity index (χ1v) is 7.84. The molecule has 10 nitrogen and oxygen atoms in total. The zero-order chi connectivity index (χ0) is 17.8. The highest BCUT2D eigenvalue weighted by atomic mass is 16.4. The Bertz CT molecular complexity index is 749. The minimum absolute atomic E-state index is 0.252. The van der Waals surface area contributed by atoms with Crippen LogP contribution in [0, 0.1) is 5.92 Å². The molecule has 0 spiro atoms. The number of hydrogen-bond donors (Lipinski definition) is 3. The summed E-state index contributed by atoms with van der Waals surface area (Å²) in [5, 5.41) is 19.9. The topological polar surface area (TPSA) is 141 Å². The standard InChI is InChI=1S/C15H19N7O3/c16-13(23)12-2-1-3-17-14(12)22-5-4-21(7-10(8-22)15(24)25)9-11-6-18-20-19-11/h1-3,6,10H,4-5,7-9H2,(H2,16,23)(H,24,25)(H,18,19,20)/t10-/m0/s1. The molecule has 4 N–H and O–H groups in total. The molecule has 25 heavy (non-hydrogen) atoms. The van der Waals surface area contributed by atoms with Gasteiger partial charge in [-0.2, -0.15) is 15.4 Å². The lowest BCUT2D eigenvalue weighted by molar-refractivity contribution is -0.141. The van der Waals surface area contributed by atoms with Crippen molar-refractivity contribution in [2.45, 2.75) is 6.54 Å². The molecule has 3 rings (SSSR count). The number of primary amides is 1. The quantitative estimate of drug-likeness (QED) is 0.647. The lowest BCUT2D eigenvalue weighted by atomic mass is 10.1. The van der Waals surface area contributed by atoms with Crippen molar-refractivity contribution in [3.8, 4) is 0 Å². The normalized spacial score (nSPS) is 18.7. The second-order valence-electron chi connectivity index (χ2n) is 5.92. The van der Waals surface area contributed by atoms with Crippen molar-refractivity contribution in [1.82, 2.24) is 25.3 Å². The van der Waals surface area contributed by atoms with E-state index in [4.69, 9.17) is 5.73 Å². The summed E-state index contributed by atoms with van der Waals surface area (Å²) in [6.07, 6.45) is 3.18. The van der Waals surface area contributed by atoms with Gasteiger partial charge in [0.2, 0.25) is 0 Å². The molecule has 0 aromatic carbocycles. The first-order chi connectivity index (χ1) is 12.0. The van der Waals surface area contributed by atoms with Gasteiger partial charge in [0.15, 0.2) is 0 Å². The van der Waals surface area contributed by atoms with Gasteiger partial charge >= 0.3 is 5.97 Å². The van der Waals surface area contributed by atoms with Crippen LogP contribution in [0.3, 0.4) is 0 Å². The van der Waals surface area contributed by atoms with E-state index in [-0.39, 0.29) is 12.1 Å². The molecule has 0 saturated carbocycles. The van der Waals surface area contributed by atoms with E-state index in [2.05, 4.69) is 20.4 Å². The Morgan fingerprint density at radius 2 is 2.20 bits per heavy atom. The number of aromatic nitrogens is 4. The highest BCUT2D eigenvalue weighted by Gasteiger charge is 2.30. The molecule has 1 aliphatic heterocycles. The number of nitrogens with one attached hydrogen (secondary N) is 1. The van der Waals surface area contributed by atoms with Crippen LogP contribution >= 0.6 is 0 Å². The molecule has 1 amide bonds. The summed E-state index contributed by atoms with van der Waals surface area (Å²) in [6, 6.07) is 3.23. The molecule has 132 valence electrons. The van der Waals surface area contributed by atoms with Crippen LogP contribution in [-0.2, 0) is 11.3 Å². The van der Waals surface area contributed by atoms with Gasteiger partial charge in [-0.1, -0.05) is 0 Å². The van der Waals surface area contributed by atoms with Crippen molar-refractivity contribution in [2.24, 2.45) is 11.7 Å². The van der Waals surface area contributed by atoms with Crippen molar-refractivity contribution in [3.05, 3.63) is 35.8 Å². The van der Waals surface area contributed by atoms with Crippen molar-refractivity contribution in [3.63, 3.8) is 0 Å². The molecule has 0 bridgehead atoms. The molecular weight excluding hydrogens is 326 g/mol. The molecule has 1 aliphatic rings. The third kappa shape index (κ3) is 3.91. The largest absolute Gasteiger partial charge is 0.481 e. The summed E-state index contributed by atoms with van der Waals surface area (Å²) in [7, 11) is 0. The number of nitrogens with zero attached hydrogens (tertiary/aromatic N) is 5. The third-order valence-corrected chi connectivity index (χ3v) is 4.16. The van der Waals surface area contributed by atoms with E-state index in [9.17, 15) is 14.7 Å². The predicted molar refractivity (Wildman–Crippen MR) is 87.8 cm³/mol. The Balaban J connectivity index is 1.83. The Morgan fingerprint density at radius 3 is 2.88 bits per heavy atom. The summed E-state index contributed by atoms with van der Waals surface area (Å²) in [6.45, 7) is 2.25. The number of nitrogens with two attached hydrogens (primary N) is 1. The van der Waals surface area contributed by atoms with E-state index >= 15 is 0 Å². The maximum absolute atomic E-state index is 11.7. The molecule has 10 heteroatoms. The molecular formula is C15H19N7O3. The average Bonchev–Trinajstić information content (AvgIpc) is 3.00. The van der Waals surface area contributed by atoms with Gasteiger partial charge in [-0.25, -0.2) is 4.98 Å². The Kier molecular flexibility index (Phi) is 4.89. The van der Waals surface area contributed by atoms with E-state index in [1.165, 1.54) is 0 Å². The van der Waals surface area contributed by atoms with Crippen molar-refractivity contribution in [2.75, 3.05) is 31.1 Å². The number of rotatable bonds is 5. The Hall–Kier alpha value is -3.01. The van der Waals surface area contributed by atoms with E-state index in [1.807, 2.05) is 9.80 Å². The van der Waals surface area contributed by atoms with Crippen LogP contribution in [0.4, 0.5) is 5.82 Å². The Labute approximate surface area is 143 Å². The van der Waals surface area contributed by atoms with E-state index < -0.39 is 17.8 Å². The van der Waals surface area contributed by atoms with Crippen molar-refractivity contribution >= 4 is 17.7 Å². The van der Waals surface area contributed by atoms with E-state index in [0.717, 1.165) is 5.69 Å². The fraction of sp³-hybridized carbons (Fsp3) is 0.400. The van der Waals surface area contributed by atoms with Crippen LogP contribution in [0.25, 0.3) is 0 Å². The molecule has 0 aliphatic carbocycles. The molecule has 2 aromatic heterocycles. The number of aliphatic carboxylic acids is 1. The fourth-order valence-corrected chi connectivity index (χ4v) is 2.94.